The number of carbonyl (C=O) groups is 2. The van der Waals surface area contributed by atoms with Crippen LogP contribution >= 0.6 is 0 Å². The van der Waals surface area contributed by atoms with Gasteiger partial charge in [0.2, 0.25) is 0 Å². The minimum absolute atomic E-state index is 0.0106. The lowest BCUT2D eigenvalue weighted by molar-refractivity contribution is 0.0697. The molecule has 3 N–H and O–H groups in total. The third kappa shape index (κ3) is 5.87. The lowest BCUT2D eigenvalue weighted by atomic mass is 10.2. The Bertz CT molecular complexity index is 583. The predicted octanol–water partition coefficient (Wildman–Crippen LogP) is 0.551. The molecule has 1 rings (SSSR count). The van der Waals surface area contributed by atoms with E-state index in [0.29, 0.717) is 5.69 Å². The van der Waals surface area contributed by atoms with E-state index in [0.717, 1.165) is 6.26 Å². The van der Waals surface area contributed by atoms with Crippen LogP contribution < -0.4 is 10.6 Å². The Balaban J connectivity index is 2.53. The molecule has 1 aromatic rings. The van der Waals surface area contributed by atoms with Crippen molar-refractivity contribution in [1.82, 2.24) is 5.32 Å². The van der Waals surface area contributed by atoms with Crippen molar-refractivity contribution in [3.05, 3.63) is 29.8 Å². The molecule has 0 radical (unpaired) electrons. The van der Waals surface area contributed by atoms with E-state index < -0.39 is 21.8 Å². The van der Waals surface area contributed by atoms with Crippen LogP contribution in [0.25, 0.3) is 0 Å². The molecule has 0 bridgehead atoms. The zero-order valence-electron chi connectivity index (χ0n) is 10.2. The van der Waals surface area contributed by atoms with Crippen LogP contribution in [0.15, 0.2) is 24.3 Å². The van der Waals surface area contributed by atoms with Crippen molar-refractivity contribution >= 4 is 27.5 Å². The average Bonchev–Trinajstić information content (AvgIpc) is 2.27. The number of amides is 2. The van der Waals surface area contributed by atoms with Gasteiger partial charge in [-0.1, -0.05) is 6.07 Å². The van der Waals surface area contributed by atoms with E-state index in [9.17, 15) is 18.0 Å². The summed E-state index contributed by atoms with van der Waals surface area (Å²) in [4.78, 5) is 22.1. The van der Waals surface area contributed by atoms with Crippen LogP contribution in [0, 0.1) is 0 Å². The second-order valence-corrected chi connectivity index (χ2v) is 6.16. The van der Waals surface area contributed by atoms with Gasteiger partial charge in [-0.25, -0.2) is 18.0 Å². The second kappa shape index (κ2) is 6.19. The predicted molar refractivity (Wildman–Crippen MR) is 70.1 cm³/mol. The largest absolute Gasteiger partial charge is 0.478 e. The minimum Gasteiger partial charge on any atom is -0.478 e. The van der Waals surface area contributed by atoms with Crippen LogP contribution in [0.2, 0.25) is 0 Å². The molecule has 7 nitrogen and oxygen atoms in total. The molecule has 0 atom stereocenters. The SMILES string of the molecule is CS(=O)(=O)CCNC(=O)Nc1cccc(C(=O)O)c1. The summed E-state index contributed by atoms with van der Waals surface area (Å²) in [6.45, 7) is -0.0106. The number of rotatable bonds is 5. The van der Waals surface area contributed by atoms with Gasteiger partial charge in [-0.3, -0.25) is 0 Å². The van der Waals surface area contributed by atoms with Crippen molar-refractivity contribution in [1.29, 1.82) is 0 Å². The van der Waals surface area contributed by atoms with Crippen LogP contribution in [0.3, 0.4) is 0 Å². The number of carboxylic acid groups (broad SMARTS) is 1. The van der Waals surface area contributed by atoms with Crippen LogP contribution in [-0.2, 0) is 9.84 Å². The Kier molecular flexibility index (Phi) is 4.87. The van der Waals surface area contributed by atoms with E-state index in [4.69, 9.17) is 5.11 Å². The summed E-state index contributed by atoms with van der Waals surface area (Å²) >= 11 is 0. The van der Waals surface area contributed by atoms with Gasteiger partial charge in [0.25, 0.3) is 0 Å². The third-order valence-corrected chi connectivity index (χ3v) is 3.07. The molecule has 0 spiro atoms. The summed E-state index contributed by atoms with van der Waals surface area (Å²) in [5.41, 5.74) is 0.366. The molecule has 0 aliphatic rings. The number of sulfone groups is 1. The summed E-state index contributed by atoms with van der Waals surface area (Å²) < 4.78 is 21.7. The molecule has 0 heterocycles. The summed E-state index contributed by atoms with van der Waals surface area (Å²) in [6, 6.07) is 5.14. The molecule has 0 aromatic heterocycles. The lowest BCUT2D eigenvalue weighted by Crippen LogP contribution is -2.32. The average molecular weight is 286 g/mol. The number of benzene rings is 1. The van der Waals surface area contributed by atoms with Gasteiger partial charge in [0, 0.05) is 18.5 Å². The molecular formula is C11H14N2O5S. The maximum atomic E-state index is 11.4. The molecule has 0 saturated heterocycles. The Morgan fingerprint density at radius 3 is 2.58 bits per heavy atom. The Morgan fingerprint density at radius 1 is 1.32 bits per heavy atom. The topological polar surface area (TPSA) is 113 Å². The van der Waals surface area contributed by atoms with Crippen LogP contribution in [0.4, 0.5) is 10.5 Å². The number of hydrogen-bond donors (Lipinski definition) is 3. The lowest BCUT2D eigenvalue weighted by Gasteiger charge is -2.07. The fourth-order valence-electron chi connectivity index (χ4n) is 1.26. The molecule has 0 aliphatic heterocycles. The van der Waals surface area contributed by atoms with Crippen molar-refractivity contribution in [3.8, 4) is 0 Å². The number of carboxylic acids is 1. The van der Waals surface area contributed by atoms with Gasteiger partial charge < -0.3 is 15.7 Å². The van der Waals surface area contributed by atoms with Gasteiger partial charge in [0.05, 0.1) is 11.3 Å². The first kappa shape index (κ1) is 15.0. The third-order valence-electron chi connectivity index (χ3n) is 2.13. The maximum absolute atomic E-state index is 11.4. The van der Waals surface area contributed by atoms with Gasteiger partial charge in [-0.05, 0) is 18.2 Å². The number of urea groups is 1. The highest BCUT2D eigenvalue weighted by molar-refractivity contribution is 7.90. The number of anilines is 1. The first-order valence-electron chi connectivity index (χ1n) is 5.34. The van der Waals surface area contributed by atoms with E-state index in [1.165, 1.54) is 24.3 Å². The Labute approximate surface area is 110 Å². The second-order valence-electron chi connectivity index (χ2n) is 3.90. The fourth-order valence-corrected chi connectivity index (χ4v) is 1.73. The van der Waals surface area contributed by atoms with Gasteiger partial charge in [0.1, 0.15) is 9.84 Å². The smallest absolute Gasteiger partial charge is 0.335 e. The Hall–Kier alpha value is -2.09. The number of aromatic carboxylic acids is 1. The van der Waals surface area contributed by atoms with Crippen LogP contribution in [0.1, 0.15) is 10.4 Å². The van der Waals surface area contributed by atoms with Gasteiger partial charge in [-0.15, -0.1) is 0 Å². The summed E-state index contributed by atoms with van der Waals surface area (Å²) in [5.74, 6) is -1.25. The highest BCUT2D eigenvalue weighted by atomic mass is 32.2. The van der Waals surface area contributed by atoms with E-state index in [-0.39, 0.29) is 17.9 Å². The molecule has 2 amide bonds. The highest BCUT2D eigenvalue weighted by Gasteiger charge is 2.07. The fraction of sp³-hybridized carbons (Fsp3) is 0.273. The number of carbonyl (C=O) groups excluding carboxylic acids is 1. The highest BCUT2D eigenvalue weighted by Crippen LogP contribution is 2.10. The monoisotopic (exact) mass is 286 g/mol. The molecule has 0 unspecified atom stereocenters. The minimum atomic E-state index is -3.13. The first-order valence-corrected chi connectivity index (χ1v) is 7.40. The van der Waals surface area contributed by atoms with E-state index in [1.54, 1.807) is 0 Å². The molecule has 104 valence electrons. The summed E-state index contributed by atoms with van der Waals surface area (Å²) in [5, 5.41) is 13.6. The number of nitrogens with one attached hydrogen (secondary N) is 2. The maximum Gasteiger partial charge on any atom is 0.335 e. The van der Waals surface area contributed by atoms with Crippen molar-refractivity contribution in [2.45, 2.75) is 0 Å². The van der Waals surface area contributed by atoms with Crippen LogP contribution in [-0.4, -0.2) is 44.1 Å². The molecule has 0 fully saturated rings. The molecular weight excluding hydrogens is 272 g/mol. The normalized spacial score (nSPS) is 10.8. The van der Waals surface area contributed by atoms with Gasteiger partial charge >= 0.3 is 12.0 Å². The molecule has 1 aromatic carbocycles. The van der Waals surface area contributed by atoms with Crippen molar-refractivity contribution < 1.29 is 23.1 Å². The van der Waals surface area contributed by atoms with Crippen LogP contribution in [0.5, 0.6) is 0 Å². The van der Waals surface area contributed by atoms with Gasteiger partial charge in [-0.2, -0.15) is 0 Å². The summed E-state index contributed by atoms with van der Waals surface area (Å²) in [7, 11) is -3.13. The molecule has 8 heteroatoms. The van der Waals surface area contributed by atoms with Crippen molar-refractivity contribution in [3.63, 3.8) is 0 Å². The Morgan fingerprint density at radius 2 is 2.00 bits per heavy atom. The van der Waals surface area contributed by atoms with E-state index in [1.807, 2.05) is 0 Å². The zero-order valence-corrected chi connectivity index (χ0v) is 11.0. The van der Waals surface area contributed by atoms with E-state index in [2.05, 4.69) is 10.6 Å². The van der Waals surface area contributed by atoms with Crippen molar-refractivity contribution in [2.75, 3.05) is 23.9 Å². The first-order chi connectivity index (χ1) is 8.78. The number of hydrogen-bond acceptors (Lipinski definition) is 4. The van der Waals surface area contributed by atoms with Gasteiger partial charge in [0.15, 0.2) is 0 Å². The standard InChI is InChI=1S/C11H14N2O5S/c1-19(17,18)6-5-12-11(16)13-9-4-2-3-8(7-9)10(14)15/h2-4,7H,5-6H2,1H3,(H,14,15)(H2,12,13,16). The van der Waals surface area contributed by atoms with E-state index >= 15 is 0 Å². The molecule has 0 saturated carbocycles. The zero-order chi connectivity index (χ0) is 14.5. The molecule has 19 heavy (non-hydrogen) atoms. The summed E-state index contributed by atoms with van der Waals surface area (Å²) in [6.07, 6.45) is 1.07. The quantitative estimate of drug-likeness (QED) is 0.731. The molecule has 0 aliphatic carbocycles. The van der Waals surface area contributed by atoms with Crippen molar-refractivity contribution in [2.24, 2.45) is 0 Å².